The molecule has 41 heavy (non-hydrogen) atoms. The van der Waals surface area contributed by atoms with Gasteiger partial charge in [-0.25, -0.2) is 4.79 Å². The summed E-state index contributed by atoms with van der Waals surface area (Å²) in [5.41, 5.74) is 7.08. The average Bonchev–Trinajstić information content (AvgIpc) is 3.18. The van der Waals surface area contributed by atoms with Crippen LogP contribution >= 0.6 is 11.6 Å². The highest BCUT2D eigenvalue weighted by molar-refractivity contribution is 6.32. The van der Waals surface area contributed by atoms with Gasteiger partial charge in [-0.05, 0) is 85.7 Å². The summed E-state index contributed by atoms with van der Waals surface area (Å²) in [6, 6.07) is 19.5. The summed E-state index contributed by atoms with van der Waals surface area (Å²) >= 11 is 6.36. The van der Waals surface area contributed by atoms with Crippen LogP contribution in [-0.2, 0) is 11.3 Å². The Labute approximate surface area is 247 Å². The van der Waals surface area contributed by atoms with Crippen LogP contribution in [-0.4, -0.2) is 27.7 Å². The molecule has 0 spiro atoms. The number of amides is 1. The molecule has 1 heterocycles. The summed E-state index contributed by atoms with van der Waals surface area (Å²) in [6.45, 7) is 12.9. The third-order valence-corrected chi connectivity index (χ3v) is 8.07. The summed E-state index contributed by atoms with van der Waals surface area (Å²) in [5, 5.41) is 14.1. The van der Waals surface area contributed by atoms with Gasteiger partial charge in [0.25, 0.3) is 5.91 Å². The van der Waals surface area contributed by atoms with Crippen LogP contribution in [0.5, 0.6) is 5.75 Å². The van der Waals surface area contributed by atoms with Crippen LogP contribution in [0.4, 0.5) is 0 Å². The quantitative estimate of drug-likeness (QED) is 0.189. The summed E-state index contributed by atoms with van der Waals surface area (Å²) < 4.78 is 7.98. The molecule has 216 valence electrons. The van der Waals surface area contributed by atoms with Crippen LogP contribution in [0.3, 0.4) is 0 Å². The van der Waals surface area contributed by atoms with Gasteiger partial charge in [0.15, 0.2) is 6.10 Å². The maximum absolute atomic E-state index is 13.3. The fourth-order valence-electron chi connectivity index (χ4n) is 5.11. The minimum absolute atomic E-state index is 0.112. The van der Waals surface area contributed by atoms with Crippen molar-refractivity contribution in [3.05, 3.63) is 99.2 Å². The predicted octanol–water partition coefficient (Wildman–Crippen LogP) is 8.21. The van der Waals surface area contributed by atoms with E-state index in [2.05, 4.69) is 49.7 Å². The molecule has 4 rings (SSSR count). The minimum atomic E-state index is -1.01. The maximum Gasteiger partial charge on any atom is 0.344 e. The predicted molar refractivity (Wildman–Crippen MR) is 165 cm³/mol. The highest BCUT2D eigenvalue weighted by atomic mass is 35.5. The minimum Gasteiger partial charge on any atom is -0.479 e. The molecule has 0 aliphatic heterocycles. The fourth-order valence-corrected chi connectivity index (χ4v) is 5.27. The number of hydrogen-bond acceptors (Lipinski definition) is 3. The fraction of sp³-hybridized carbons (Fsp3) is 0.353. The second-order valence-corrected chi connectivity index (χ2v) is 11.5. The van der Waals surface area contributed by atoms with E-state index in [1.54, 1.807) is 6.07 Å². The topological polar surface area (TPSA) is 80.6 Å². The van der Waals surface area contributed by atoms with Crippen molar-refractivity contribution >= 4 is 34.4 Å². The van der Waals surface area contributed by atoms with Crippen molar-refractivity contribution in [1.29, 1.82) is 0 Å². The summed E-state index contributed by atoms with van der Waals surface area (Å²) in [6.07, 6.45) is 0.137. The first kappa shape index (κ1) is 30.2. The lowest BCUT2D eigenvalue weighted by atomic mass is 9.98. The zero-order valence-electron chi connectivity index (χ0n) is 24.6. The zero-order valence-corrected chi connectivity index (χ0v) is 25.4. The number of benzene rings is 3. The Morgan fingerprint density at radius 2 is 1.73 bits per heavy atom. The second-order valence-electron chi connectivity index (χ2n) is 11.0. The van der Waals surface area contributed by atoms with Gasteiger partial charge in [-0.3, -0.25) is 4.79 Å². The Hall–Kier alpha value is -3.77. The smallest absolute Gasteiger partial charge is 0.344 e. The monoisotopic (exact) mass is 574 g/mol. The molecule has 0 bridgehead atoms. The number of carboxylic acid groups (broad SMARTS) is 1. The second kappa shape index (κ2) is 12.8. The third-order valence-electron chi connectivity index (χ3n) is 7.76. The van der Waals surface area contributed by atoms with Crippen molar-refractivity contribution in [3.63, 3.8) is 0 Å². The highest BCUT2D eigenvalue weighted by Gasteiger charge is 2.21. The Bertz CT molecular complexity index is 1570. The highest BCUT2D eigenvalue weighted by Crippen LogP contribution is 2.31. The Balaban J connectivity index is 1.57. The number of halogens is 1. The molecule has 0 saturated heterocycles. The lowest BCUT2D eigenvalue weighted by Crippen LogP contribution is -2.26. The van der Waals surface area contributed by atoms with Crippen LogP contribution in [0.1, 0.15) is 90.8 Å². The van der Waals surface area contributed by atoms with Crippen LogP contribution in [0.25, 0.3) is 10.9 Å². The molecule has 1 amide bonds. The van der Waals surface area contributed by atoms with Crippen molar-refractivity contribution in [2.45, 2.75) is 79.0 Å². The van der Waals surface area contributed by atoms with Gasteiger partial charge < -0.3 is 19.7 Å². The molecular formula is C34H39ClN2O4. The zero-order chi connectivity index (χ0) is 29.8. The lowest BCUT2D eigenvalue weighted by molar-refractivity contribution is -0.145. The molecule has 0 radical (unpaired) electrons. The molecule has 4 aromatic rings. The molecule has 6 nitrogen and oxygen atoms in total. The van der Waals surface area contributed by atoms with E-state index in [4.69, 9.17) is 16.3 Å². The lowest BCUT2D eigenvalue weighted by Gasteiger charge is -2.17. The van der Waals surface area contributed by atoms with Crippen LogP contribution < -0.4 is 10.1 Å². The number of hydrogen-bond donors (Lipinski definition) is 2. The molecular weight excluding hydrogens is 536 g/mol. The van der Waals surface area contributed by atoms with Gasteiger partial charge in [0.05, 0.1) is 11.1 Å². The number of carbonyl (C=O) groups excluding carboxylic acids is 1. The molecule has 7 heteroatoms. The van der Waals surface area contributed by atoms with Crippen LogP contribution in [0.2, 0.25) is 5.02 Å². The molecule has 0 aliphatic carbocycles. The normalized spacial score (nSPS) is 12.9. The van der Waals surface area contributed by atoms with Gasteiger partial charge in [-0.15, -0.1) is 0 Å². The number of aromatic nitrogens is 1. The molecule has 0 unspecified atom stereocenters. The number of fused-ring (bicyclic) bond motifs is 1. The summed E-state index contributed by atoms with van der Waals surface area (Å²) in [7, 11) is 0. The molecule has 1 aromatic heterocycles. The number of aryl methyl sites for hydroxylation is 1. The van der Waals surface area contributed by atoms with Crippen molar-refractivity contribution in [1.82, 2.24) is 9.88 Å². The van der Waals surface area contributed by atoms with Gasteiger partial charge in [0, 0.05) is 28.7 Å². The SMILES string of the molecule is CCC[C@@H](Oc1cc(Cn2c(C)c(C)c3cc(C(=O)N[C@@H](C)c4cccc(C(C)C)c4)ccc32)ccc1Cl)C(=O)O. The molecule has 0 saturated carbocycles. The van der Waals surface area contributed by atoms with Crippen molar-refractivity contribution in [2.24, 2.45) is 0 Å². The summed E-state index contributed by atoms with van der Waals surface area (Å²) in [5.74, 6) is -0.332. The standard InChI is InChI=1S/C34H39ClN2O4/c1-7-9-31(34(39)40)41-32-16-24(12-14-29(32)35)19-37-23(6)21(4)28-18-27(13-15-30(28)37)33(38)36-22(5)26-11-8-10-25(17-26)20(2)3/h8,10-18,20,22,31H,7,9,19H2,1-6H3,(H,36,38)(H,39,40)/t22-,31+/m0/s1. The summed E-state index contributed by atoms with van der Waals surface area (Å²) in [4.78, 5) is 24.9. The maximum atomic E-state index is 13.3. The first-order chi connectivity index (χ1) is 19.5. The first-order valence-electron chi connectivity index (χ1n) is 14.2. The number of nitrogens with zero attached hydrogens (tertiary/aromatic N) is 1. The van der Waals surface area contributed by atoms with E-state index in [0.717, 1.165) is 33.3 Å². The van der Waals surface area contributed by atoms with E-state index in [1.807, 2.05) is 56.3 Å². The van der Waals surface area contributed by atoms with Gasteiger partial charge in [-0.2, -0.15) is 0 Å². The number of aliphatic carboxylic acids is 1. The number of carbonyl (C=O) groups is 2. The van der Waals surface area contributed by atoms with Crippen molar-refractivity contribution in [2.75, 3.05) is 0 Å². The first-order valence-corrected chi connectivity index (χ1v) is 14.6. The Kier molecular flexibility index (Phi) is 9.44. The molecule has 2 atom stereocenters. The average molecular weight is 575 g/mol. The number of ether oxygens (including phenoxy) is 1. The Morgan fingerprint density at radius 1 is 1.00 bits per heavy atom. The van der Waals surface area contributed by atoms with Gasteiger partial charge >= 0.3 is 5.97 Å². The van der Waals surface area contributed by atoms with Gasteiger partial charge in [0.1, 0.15) is 5.75 Å². The van der Waals surface area contributed by atoms with Crippen LogP contribution in [0, 0.1) is 13.8 Å². The number of rotatable bonds is 11. The van der Waals surface area contributed by atoms with E-state index < -0.39 is 12.1 Å². The largest absolute Gasteiger partial charge is 0.479 e. The van der Waals surface area contributed by atoms with Crippen LogP contribution in [0.15, 0.2) is 60.7 Å². The molecule has 3 aromatic carbocycles. The third kappa shape index (κ3) is 6.76. The van der Waals surface area contributed by atoms with Crippen molar-refractivity contribution in [3.8, 4) is 5.75 Å². The van der Waals surface area contributed by atoms with E-state index >= 15 is 0 Å². The van der Waals surface area contributed by atoms with Gasteiger partial charge in [-0.1, -0.05) is 69.1 Å². The number of nitrogens with one attached hydrogen (secondary N) is 1. The Morgan fingerprint density at radius 3 is 2.41 bits per heavy atom. The molecule has 0 fully saturated rings. The van der Waals surface area contributed by atoms with E-state index in [9.17, 15) is 14.7 Å². The van der Waals surface area contributed by atoms with E-state index in [0.29, 0.717) is 41.6 Å². The molecule has 2 N–H and O–H groups in total. The van der Waals surface area contributed by atoms with Crippen molar-refractivity contribution < 1.29 is 19.4 Å². The molecule has 0 aliphatic rings. The van der Waals surface area contributed by atoms with E-state index in [-0.39, 0.29) is 11.9 Å². The van der Waals surface area contributed by atoms with Gasteiger partial charge in [0.2, 0.25) is 0 Å². The number of carboxylic acids is 1. The van der Waals surface area contributed by atoms with E-state index in [1.165, 1.54) is 5.56 Å².